The first-order valence-corrected chi connectivity index (χ1v) is 10.9. The van der Waals surface area contributed by atoms with E-state index in [2.05, 4.69) is 37.3 Å². The molecule has 3 aromatic rings. The smallest absolute Gasteiger partial charge is 0.256 e. The van der Waals surface area contributed by atoms with Crippen LogP contribution in [0.3, 0.4) is 0 Å². The highest BCUT2D eigenvalue weighted by molar-refractivity contribution is 5.88. The van der Waals surface area contributed by atoms with Gasteiger partial charge in [-0.15, -0.1) is 5.10 Å². The Hall–Kier alpha value is -3.74. The highest BCUT2D eigenvalue weighted by Gasteiger charge is 2.35. The molecule has 0 aliphatic carbocycles. The van der Waals surface area contributed by atoms with Crippen molar-refractivity contribution in [1.82, 2.24) is 34.6 Å². The molecule has 0 bridgehead atoms. The molecule has 3 N–H and O–H groups in total. The van der Waals surface area contributed by atoms with Crippen molar-refractivity contribution in [2.75, 3.05) is 30.4 Å². The second-order valence-corrected chi connectivity index (χ2v) is 8.06. The van der Waals surface area contributed by atoms with Gasteiger partial charge in [-0.25, -0.2) is 9.37 Å². The van der Waals surface area contributed by atoms with Crippen LogP contribution in [0.25, 0.3) is 11.2 Å². The van der Waals surface area contributed by atoms with Crippen LogP contribution in [0.2, 0.25) is 0 Å². The van der Waals surface area contributed by atoms with Crippen LogP contribution in [0, 0.1) is 0 Å². The molecule has 0 aromatic carbocycles. The number of fused-ring (bicyclic) bond motifs is 1. The summed E-state index contributed by atoms with van der Waals surface area (Å²) in [5.41, 5.74) is 1.64. The van der Waals surface area contributed by atoms with Gasteiger partial charge in [0.25, 0.3) is 5.88 Å². The molecule has 1 fully saturated rings. The number of methoxy groups -OCH3 is 1. The van der Waals surface area contributed by atoms with Crippen molar-refractivity contribution in [3.63, 3.8) is 0 Å². The van der Waals surface area contributed by atoms with Gasteiger partial charge in [-0.2, -0.15) is 9.97 Å². The largest absolute Gasteiger partial charge is 0.478 e. The lowest BCUT2D eigenvalue weighted by atomic mass is 10.2. The lowest BCUT2D eigenvalue weighted by molar-refractivity contribution is -0.117. The van der Waals surface area contributed by atoms with Gasteiger partial charge in [-0.3, -0.25) is 9.48 Å². The van der Waals surface area contributed by atoms with Crippen LogP contribution >= 0.6 is 0 Å². The number of nitrogens with one attached hydrogen (secondary N) is 2. The lowest BCUT2D eigenvalue weighted by Crippen LogP contribution is -2.40. The minimum atomic E-state index is -1.28. The number of anilines is 3. The van der Waals surface area contributed by atoms with Crippen LogP contribution in [0.15, 0.2) is 25.2 Å². The Morgan fingerprint density at radius 2 is 2.24 bits per heavy atom. The number of amides is 1. The molecule has 0 spiro atoms. The van der Waals surface area contributed by atoms with Gasteiger partial charge in [-0.1, -0.05) is 6.58 Å². The Balaban J connectivity index is 1.69. The number of aryl methyl sites for hydroxylation is 1. The van der Waals surface area contributed by atoms with Crippen LogP contribution in [0.5, 0.6) is 5.88 Å². The first-order valence-electron chi connectivity index (χ1n) is 10.9. The zero-order chi connectivity index (χ0) is 24.4. The van der Waals surface area contributed by atoms with Crippen molar-refractivity contribution in [3.8, 4) is 5.88 Å². The summed E-state index contributed by atoms with van der Waals surface area (Å²) in [5, 5.41) is 19.8. The number of imidazole rings is 1. The Morgan fingerprint density at radius 1 is 1.44 bits per heavy atom. The van der Waals surface area contributed by atoms with Crippen LogP contribution in [0.4, 0.5) is 21.8 Å². The van der Waals surface area contributed by atoms with E-state index in [1.165, 1.54) is 7.11 Å². The lowest BCUT2D eigenvalue weighted by Gasteiger charge is -2.17. The topological polar surface area (TPSA) is 135 Å². The average molecular weight is 474 g/mol. The predicted octanol–water partition coefficient (Wildman–Crippen LogP) is 1.00. The van der Waals surface area contributed by atoms with Crippen molar-refractivity contribution >= 4 is 34.5 Å². The maximum absolute atomic E-state index is 14.6. The molecule has 34 heavy (non-hydrogen) atoms. The molecule has 3 aromatic heterocycles. The van der Waals surface area contributed by atoms with Gasteiger partial charge in [0.05, 0.1) is 44.9 Å². The molecule has 4 rings (SSSR count). The fourth-order valence-electron chi connectivity index (χ4n) is 3.83. The van der Waals surface area contributed by atoms with Crippen molar-refractivity contribution < 1.29 is 19.0 Å². The van der Waals surface area contributed by atoms with E-state index in [0.717, 1.165) is 6.08 Å². The number of hydrogen-bond donors (Lipinski definition) is 3. The second-order valence-electron chi connectivity index (χ2n) is 8.06. The van der Waals surface area contributed by atoms with Crippen LogP contribution < -0.4 is 20.3 Å². The number of ether oxygens (including phenoxy) is 1. The molecule has 1 aliphatic rings. The monoisotopic (exact) mass is 473 g/mol. The maximum Gasteiger partial charge on any atom is 0.256 e. The molecule has 3 atom stereocenters. The first kappa shape index (κ1) is 23.4. The molecule has 1 amide bonds. The number of halogens is 1. The van der Waals surface area contributed by atoms with E-state index in [4.69, 9.17) is 4.74 Å². The summed E-state index contributed by atoms with van der Waals surface area (Å²) in [7, 11) is 1.50. The number of aliphatic hydroxyl groups excluding tert-OH is 1. The first-order chi connectivity index (χ1) is 16.3. The average Bonchev–Trinajstić information content (AvgIpc) is 3.50. The van der Waals surface area contributed by atoms with Gasteiger partial charge in [-0.05, 0) is 19.9 Å². The third kappa shape index (κ3) is 4.64. The molecule has 4 heterocycles. The summed E-state index contributed by atoms with van der Waals surface area (Å²) < 4.78 is 23.4. The predicted molar refractivity (Wildman–Crippen MR) is 124 cm³/mol. The fourth-order valence-corrected chi connectivity index (χ4v) is 3.83. The molecule has 13 heteroatoms. The van der Waals surface area contributed by atoms with Crippen molar-refractivity contribution in [2.45, 2.75) is 45.3 Å². The quantitative estimate of drug-likeness (QED) is 0.389. The summed E-state index contributed by atoms with van der Waals surface area (Å²) in [5.74, 6) is 0.592. The Bertz CT molecular complexity index is 1190. The Labute approximate surface area is 195 Å². The summed E-state index contributed by atoms with van der Waals surface area (Å²) in [6.45, 7) is 8.20. The number of carbonyl (C=O) groups is 1. The highest BCUT2D eigenvalue weighted by Crippen LogP contribution is 2.31. The molecule has 0 radical (unpaired) electrons. The molecular weight excluding hydrogens is 445 g/mol. The molecular formula is C21H28FN9O3. The van der Waals surface area contributed by atoms with E-state index >= 15 is 0 Å². The summed E-state index contributed by atoms with van der Waals surface area (Å²) >= 11 is 0. The minimum Gasteiger partial charge on any atom is -0.478 e. The van der Waals surface area contributed by atoms with Crippen LogP contribution in [-0.4, -0.2) is 78.8 Å². The second kappa shape index (κ2) is 9.63. The van der Waals surface area contributed by atoms with Gasteiger partial charge < -0.3 is 29.9 Å². The minimum absolute atomic E-state index is 0.0307. The third-order valence-electron chi connectivity index (χ3n) is 5.46. The normalized spacial score (nSPS) is 18.8. The van der Waals surface area contributed by atoms with Crippen molar-refractivity contribution in [3.05, 3.63) is 25.2 Å². The van der Waals surface area contributed by atoms with E-state index < -0.39 is 24.2 Å². The summed E-state index contributed by atoms with van der Waals surface area (Å²) in [4.78, 5) is 27.1. The number of aromatic nitrogens is 6. The van der Waals surface area contributed by atoms with Crippen molar-refractivity contribution in [2.24, 2.45) is 0 Å². The van der Waals surface area contributed by atoms with Crippen LogP contribution in [-0.2, 0) is 17.9 Å². The van der Waals surface area contributed by atoms with E-state index in [1.54, 1.807) is 29.0 Å². The fraction of sp³-hybridized carbons (Fsp3) is 0.476. The number of hydrogen-bond acceptors (Lipinski definition) is 9. The number of carbonyl (C=O) groups excluding carboxylic acids is 1. The number of aliphatic hydroxyl groups is 1. The molecule has 12 nitrogen and oxygen atoms in total. The van der Waals surface area contributed by atoms with E-state index in [0.29, 0.717) is 41.0 Å². The number of rotatable bonds is 9. The van der Waals surface area contributed by atoms with Gasteiger partial charge in [0, 0.05) is 13.1 Å². The molecule has 1 aliphatic heterocycles. The van der Waals surface area contributed by atoms with Gasteiger partial charge in [0.1, 0.15) is 11.9 Å². The zero-order valence-electron chi connectivity index (χ0n) is 19.3. The van der Waals surface area contributed by atoms with Gasteiger partial charge >= 0.3 is 0 Å². The zero-order valence-corrected chi connectivity index (χ0v) is 19.3. The molecule has 1 saturated heterocycles. The molecule has 0 saturated carbocycles. The SMILES string of the molecule is C=CC(=O)NC1CN(c2nc(Nc3cn(CC(C)O)nc3OC)c3ncn(CC)c3n2)CC1F. The Morgan fingerprint density at radius 3 is 2.91 bits per heavy atom. The molecule has 3 unspecified atom stereocenters. The van der Waals surface area contributed by atoms with Crippen molar-refractivity contribution in [1.29, 1.82) is 0 Å². The number of nitrogens with zero attached hydrogens (tertiary/aromatic N) is 7. The standard InChI is InChI=1S/C21H28FN9O3/c1-5-16(33)24-14-9-30(8-13(14)22)21-26-18(17-19(27-21)29(6-2)11-23-17)25-15-10-31(7-12(3)32)28-20(15)34-4/h5,10-14,32H,1,6-9H2,2-4H3,(H,24,33)(H,25,26,27). The number of alkyl halides is 1. The van der Waals surface area contributed by atoms with Gasteiger partial charge in [0.15, 0.2) is 17.0 Å². The molecule has 182 valence electrons. The van der Waals surface area contributed by atoms with Gasteiger partial charge in [0.2, 0.25) is 11.9 Å². The summed E-state index contributed by atoms with van der Waals surface area (Å²) in [6, 6.07) is -0.698. The highest BCUT2D eigenvalue weighted by atomic mass is 19.1. The van der Waals surface area contributed by atoms with E-state index in [9.17, 15) is 14.3 Å². The maximum atomic E-state index is 14.6. The van der Waals surface area contributed by atoms with E-state index in [1.807, 2.05) is 11.5 Å². The Kier molecular flexibility index (Phi) is 6.63. The third-order valence-corrected chi connectivity index (χ3v) is 5.46. The van der Waals surface area contributed by atoms with Crippen LogP contribution in [0.1, 0.15) is 13.8 Å². The van der Waals surface area contributed by atoms with E-state index in [-0.39, 0.29) is 19.6 Å². The summed E-state index contributed by atoms with van der Waals surface area (Å²) in [6.07, 6.45) is 2.61.